The Morgan fingerprint density at radius 3 is 1.46 bits per heavy atom. The molecule has 2 aromatic heterocycles. The van der Waals surface area contributed by atoms with E-state index in [0.717, 1.165) is 8.68 Å². The lowest BCUT2D eigenvalue weighted by atomic mass is 10.2. The smallest absolute Gasteiger partial charge is 0.226 e. The van der Waals surface area contributed by atoms with Crippen molar-refractivity contribution in [3.63, 3.8) is 0 Å². The molecule has 0 bridgehead atoms. The van der Waals surface area contributed by atoms with Gasteiger partial charge in [-0.3, -0.25) is 19.2 Å². The summed E-state index contributed by atoms with van der Waals surface area (Å²) in [7, 11) is 0. The van der Waals surface area contributed by atoms with Crippen molar-refractivity contribution in [1.29, 1.82) is 0 Å². The molecule has 0 saturated carbocycles. The Kier molecular flexibility index (Phi) is 6.86. The maximum absolute atomic E-state index is 11.5. The lowest BCUT2D eigenvalue weighted by molar-refractivity contribution is -0.116. The molecular formula is C16H16N4O4S4. The van der Waals surface area contributed by atoms with Gasteiger partial charge in [0.1, 0.15) is 9.75 Å². The first kappa shape index (κ1) is 21.0. The SMILES string of the molecule is CSc1nc2c(s1)C(=O)CCC(=O)N2.CSc1nc2c(s1)C(=O)CCC(=O)N2. The zero-order valence-electron chi connectivity index (χ0n) is 15.0. The third kappa shape index (κ3) is 4.80. The predicted molar refractivity (Wildman–Crippen MR) is 112 cm³/mol. The van der Waals surface area contributed by atoms with E-state index in [4.69, 9.17) is 0 Å². The monoisotopic (exact) mass is 456 g/mol. The fraction of sp³-hybridized carbons (Fsp3) is 0.375. The zero-order chi connectivity index (χ0) is 20.3. The van der Waals surface area contributed by atoms with Crippen LogP contribution in [0.15, 0.2) is 8.68 Å². The topological polar surface area (TPSA) is 118 Å². The van der Waals surface area contributed by atoms with Crippen LogP contribution in [0.25, 0.3) is 0 Å². The molecule has 28 heavy (non-hydrogen) atoms. The average Bonchev–Trinajstić information content (AvgIpc) is 3.22. The average molecular weight is 457 g/mol. The van der Waals surface area contributed by atoms with E-state index in [9.17, 15) is 19.2 Å². The fourth-order valence-electron chi connectivity index (χ4n) is 2.39. The molecule has 0 aromatic carbocycles. The first-order chi connectivity index (χ1) is 13.4. The lowest BCUT2D eigenvalue weighted by Crippen LogP contribution is -2.09. The molecule has 148 valence electrons. The van der Waals surface area contributed by atoms with Crippen LogP contribution in [-0.4, -0.2) is 45.9 Å². The van der Waals surface area contributed by atoms with Crippen molar-refractivity contribution >= 4 is 81.2 Å². The van der Waals surface area contributed by atoms with Gasteiger partial charge >= 0.3 is 0 Å². The molecule has 2 aromatic rings. The molecule has 0 atom stereocenters. The molecule has 4 rings (SSSR count). The summed E-state index contributed by atoms with van der Waals surface area (Å²) in [6.45, 7) is 0. The highest BCUT2D eigenvalue weighted by atomic mass is 32.2. The second-order valence-electron chi connectivity index (χ2n) is 5.67. The third-order valence-corrected chi connectivity index (χ3v) is 7.91. The van der Waals surface area contributed by atoms with Gasteiger partial charge in [0.2, 0.25) is 11.8 Å². The van der Waals surface area contributed by atoms with Gasteiger partial charge in [-0.1, -0.05) is 23.5 Å². The lowest BCUT2D eigenvalue weighted by Gasteiger charge is -1.95. The van der Waals surface area contributed by atoms with E-state index in [0.29, 0.717) is 21.4 Å². The number of thioether (sulfide) groups is 2. The molecule has 2 aliphatic rings. The van der Waals surface area contributed by atoms with Crippen molar-refractivity contribution in [3.8, 4) is 0 Å². The molecule has 2 aliphatic heterocycles. The minimum atomic E-state index is -0.130. The number of nitrogens with one attached hydrogen (secondary N) is 2. The Morgan fingerprint density at radius 1 is 0.714 bits per heavy atom. The van der Waals surface area contributed by atoms with Gasteiger partial charge in [0.25, 0.3) is 0 Å². The number of carbonyl (C=O) groups is 4. The normalized spacial score (nSPS) is 16.1. The van der Waals surface area contributed by atoms with Gasteiger partial charge in [0.05, 0.1) is 0 Å². The number of rotatable bonds is 2. The minimum Gasteiger partial charge on any atom is -0.309 e. The standard InChI is InChI=1S/2C8H8N2O2S2/c2*1-13-8-10-7-6(14-8)4(11)2-3-5(12)9-7/h2*2-3H2,1H3,(H,9,12). The number of carbonyl (C=O) groups excluding carboxylic acids is 4. The van der Waals surface area contributed by atoms with E-state index in [1.165, 1.54) is 46.2 Å². The number of aromatic nitrogens is 2. The van der Waals surface area contributed by atoms with Crippen molar-refractivity contribution in [1.82, 2.24) is 9.97 Å². The van der Waals surface area contributed by atoms with Crippen molar-refractivity contribution in [2.45, 2.75) is 34.4 Å². The number of fused-ring (bicyclic) bond motifs is 2. The maximum Gasteiger partial charge on any atom is 0.226 e. The van der Waals surface area contributed by atoms with Gasteiger partial charge < -0.3 is 10.6 Å². The van der Waals surface area contributed by atoms with Crippen LogP contribution < -0.4 is 10.6 Å². The minimum absolute atomic E-state index is 0.0103. The van der Waals surface area contributed by atoms with E-state index in [1.54, 1.807) is 0 Å². The van der Waals surface area contributed by atoms with E-state index in [-0.39, 0.29) is 49.1 Å². The van der Waals surface area contributed by atoms with Crippen molar-refractivity contribution in [2.24, 2.45) is 0 Å². The molecule has 0 radical (unpaired) electrons. The summed E-state index contributed by atoms with van der Waals surface area (Å²) < 4.78 is 1.62. The molecule has 0 unspecified atom stereocenters. The summed E-state index contributed by atoms with van der Waals surface area (Å²) >= 11 is 5.65. The van der Waals surface area contributed by atoms with E-state index < -0.39 is 0 Å². The zero-order valence-corrected chi connectivity index (χ0v) is 18.3. The van der Waals surface area contributed by atoms with Crippen LogP contribution in [0, 0.1) is 0 Å². The van der Waals surface area contributed by atoms with E-state index in [1.807, 2.05) is 12.5 Å². The molecule has 2 N–H and O–H groups in total. The van der Waals surface area contributed by atoms with E-state index >= 15 is 0 Å². The number of amides is 2. The third-order valence-electron chi connectivity index (χ3n) is 3.74. The van der Waals surface area contributed by atoms with Crippen molar-refractivity contribution in [2.75, 3.05) is 23.1 Å². The summed E-state index contributed by atoms with van der Waals surface area (Å²) in [5.41, 5.74) is 0. The second kappa shape index (κ2) is 9.16. The molecule has 2 amide bonds. The Balaban J connectivity index is 0.000000161. The number of nitrogens with zero attached hydrogens (tertiary/aromatic N) is 2. The molecule has 0 aliphatic carbocycles. The van der Waals surface area contributed by atoms with Crippen LogP contribution in [0.4, 0.5) is 11.6 Å². The maximum atomic E-state index is 11.5. The molecule has 0 spiro atoms. The summed E-state index contributed by atoms with van der Waals surface area (Å²) in [5, 5.41) is 5.27. The summed E-state index contributed by atoms with van der Waals surface area (Å²) in [6, 6.07) is 0. The highest BCUT2D eigenvalue weighted by molar-refractivity contribution is 8.00. The van der Waals surface area contributed by atoms with Crippen LogP contribution in [0.3, 0.4) is 0 Å². The van der Waals surface area contributed by atoms with Gasteiger partial charge in [0, 0.05) is 25.7 Å². The molecule has 0 fully saturated rings. The van der Waals surface area contributed by atoms with Crippen LogP contribution >= 0.6 is 46.2 Å². The first-order valence-electron chi connectivity index (χ1n) is 8.17. The molecule has 8 nitrogen and oxygen atoms in total. The van der Waals surface area contributed by atoms with Gasteiger partial charge in [-0.05, 0) is 12.5 Å². The van der Waals surface area contributed by atoms with Crippen LogP contribution in [-0.2, 0) is 9.59 Å². The predicted octanol–water partition coefficient (Wildman–Crippen LogP) is 3.56. The Morgan fingerprint density at radius 2 is 1.11 bits per heavy atom. The quantitative estimate of drug-likeness (QED) is 0.659. The van der Waals surface area contributed by atoms with Gasteiger partial charge in [0.15, 0.2) is 31.9 Å². The molecule has 4 heterocycles. The van der Waals surface area contributed by atoms with Crippen LogP contribution in [0.2, 0.25) is 0 Å². The largest absolute Gasteiger partial charge is 0.309 e. The highest BCUT2D eigenvalue weighted by Crippen LogP contribution is 2.33. The number of anilines is 2. The number of hydrogen-bond donors (Lipinski definition) is 2. The van der Waals surface area contributed by atoms with Gasteiger partial charge in [-0.15, -0.1) is 22.7 Å². The molecule has 0 saturated heterocycles. The molecular weight excluding hydrogens is 440 g/mol. The summed E-state index contributed by atoms with van der Waals surface area (Å²) in [5.74, 6) is 0.635. The van der Waals surface area contributed by atoms with Crippen LogP contribution in [0.5, 0.6) is 0 Å². The van der Waals surface area contributed by atoms with Crippen LogP contribution in [0.1, 0.15) is 45.0 Å². The van der Waals surface area contributed by atoms with Gasteiger partial charge in [-0.25, -0.2) is 9.97 Å². The number of ketones is 2. The number of hydrogen-bond acceptors (Lipinski definition) is 10. The Hall–Kier alpha value is -1.76. The van der Waals surface area contributed by atoms with Crippen molar-refractivity contribution < 1.29 is 19.2 Å². The first-order valence-corrected chi connectivity index (χ1v) is 12.2. The second-order valence-corrected chi connectivity index (χ2v) is 9.77. The van der Waals surface area contributed by atoms with Gasteiger partial charge in [-0.2, -0.15) is 0 Å². The Labute approximate surface area is 177 Å². The van der Waals surface area contributed by atoms with Crippen molar-refractivity contribution in [3.05, 3.63) is 9.75 Å². The highest BCUT2D eigenvalue weighted by Gasteiger charge is 2.24. The summed E-state index contributed by atoms with van der Waals surface area (Å²) in [6.07, 6.45) is 4.88. The summed E-state index contributed by atoms with van der Waals surface area (Å²) in [4.78, 5) is 55.0. The fourth-order valence-corrected chi connectivity index (χ4v) is 5.37. The number of Topliss-reactive ketones (excluding diaryl/α,β-unsaturated/α-hetero) is 2. The number of thiazole rings is 2. The Bertz CT molecular complexity index is 876. The van der Waals surface area contributed by atoms with E-state index in [2.05, 4.69) is 20.6 Å². The molecule has 12 heteroatoms.